The Morgan fingerprint density at radius 3 is 2.62 bits per heavy atom. The Kier molecular flexibility index (Phi) is 3.84. The largest absolute Gasteiger partial charge is 0.377 e. The Morgan fingerprint density at radius 2 is 1.92 bits per heavy atom. The van der Waals surface area contributed by atoms with Crippen LogP contribution in [0.3, 0.4) is 0 Å². The standard InChI is InChI=1S/C22H32O2/c1-5-17-20(24-4)13-19-16-7-6-14-12-15(23)8-10-21(14,2)18(16)9-11-22(17,19)3/h5,12,16,18-20H,6-11,13H2,1-4H3. The van der Waals surface area contributed by atoms with Crippen molar-refractivity contribution in [3.05, 3.63) is 23.3 Å². The number of rotatable bonds is 1. The number of allylic oxidation sites excluding steroid dienone is 2. The van der Waals surface area contributed by atoms with Gasteiger partial charge in [0, 0.05) is 13.5 Å². The molecule has 0 N–H and O–H groups in total. The molecule has 6 atom stereocenters. The van der Waals surface area contributed by atoms with Gasteiger partial charge in [0.2, 0.25) is 0 Å². The Bertz CT molecular complexity index is 613. The SMILES string of the molecule is CC=C1C(OC)CC2C3CCC4=CC(=O)CCC4(C)C3CCC12C. The van der Waals surface area contributed by atoms with Crippen LogP contribution in [0.1, 0.15) is 65.7 Å². The minimum Gasteiger partial charge on any atom is -0.377 e. The summed E-state index contributed by atoms with van der Waals surface area (Å²) in [6.07, 6.45) is 12.7. The molecule has 4 rings (SSSR count). The molecule has 0 aliphatic heterocycles. The second-order valence-electron chi connectivity index (χ2n) is 9.13. The van der Waals surface area contributed by atoms with Crippen molar-refractivity contribution < 1.29 is 9.53 Å². The lowest BCUT2D eigenvalue weighted by molar-refractivity contribution is -0.117. The van der Waals surface area contributed by atoms with Crippen LogP contribution >= 0.6 is 0 Å². The van der Waals surface area contributed by atoms with E-state index in [1.165, 1.54) is 31.3 Å². The molecule has 0 aromatic rings. The summed E-state index contributed by atoms with van der Waals surface area (Å²) in [6.45, 7) is 7.15. The zero-order valence-corrected chi connectivity index (χ0v) is 15.7. The van der Waals surface area contributed by atoms with Crippen molar-refractivity contribution in [3.63, 3.8) is 0 Å². The van der Waals surface area contributed by atoms with Gasteiger partial charge in [0.15, 0.2) is 5.78 Å². The number of carbonyl (C=O) groups is 1. The lowest BCUT2D eigenvalue weighted by Crippen LogP contribution is -2.49. The molecular weight excluding hydrogens is 296 g/mol. The quantitative estimate of drug-likeness (QED) is 0.627. The molecule has 6 unspecified atom stereocenters. The van der Waals surface area contributed by atoms with E-state index < -0.39 is 0 Å². The topological polar surface area (TPSA) is 26.3 Å². The maximum absolute atomic E-state index is 11.9. The van der Waals surface area contributed by atoms with Crippen molar-refractivity contribution in [1.82, 2.24) is 0 Å². The maximum atomic E-state index is 11.9. The molecule has 2 heteroatoms. The molecule has 24 heavy (non-hydrogen) atoms. The monoisotopic (exact) mass is 328 g/mol. The highest BCUT2D eigenvalue weighted by molar-refractivity contribution is 5.91. The lowest BCUT2D eigenvalue weighted by atomic mass is 9.47. The molecule has 4 aliphatic carbocycles. The van der Waals surface area contributed by atoms with Gasteiger partial charge in [-0.15, -0.1) is 0 Å². The van der Waals surface area contributed by atoms with Crippen molar-refractivity contribution in [2.24, 2.45) is 28.6 Å². The Balaban J connectivity index is 1.70. The number of carbonyl (C=O) groups excluding carboxylic acids is 1. The fraction of sp³-hybridized carbons (Fsp3) is 0.773. The second-order valence-corrected chi connectivity index (χ2v) is 9.13. The summed E-state index contributed by atoms with van der Waals surface area (Å²) < 4.78 is 5.87. The van der Waals surface area contributed by atoms with E-state index in [0.29, 0.717) is 17.3 Å². The molecule has 2 nitrogen and oxygen atoms in total. The van der Waals surface area contributed by atoms with Crippen molar-refractivity contribution in [2.75, 3.05) is 7.11 Å². The van der Waals surface area contributed by atoms with Crippen LogP contribution in [0.25, 0.3) is 0 Å². The van der Waals surface area contributed by atoms with E-state index in [9.17, 15) is 4.79 Å². The van der Waals surface area contributed by atoms with Gasteiger partial charge >= 0.3 is 0 Å². The number of hydrogen-bond acceptors (Lipinski definition) is 2. The first-order chi connectivity index (χ1) is 11.4. The molecule has 0 spiro atoms. The first kappa shape index (κ1) is 16.6. The average Bonchev–Trinajstić information content (AvgIpc) is 2.87. The molecule has 0 amide bonds. The van der Waals surface area contributed by atoms with Gasteiger partial charge in [-0.2, -0.15) is 0 Å². The number of fused-ring (bicyclic) bond motifs is 5. The van der Waals surface area contributed by atoms with Crippen molar-refractivity contribution >= 4 is 5.78 Å². The van der Waals surface area contributed by atoms with Crippen LogP contribution in [-0.4, -0.2) is 19.0 Å². The summed E-state index contributed by atoms with van der Waals surface area (Å²) in [5.74, 6) is 2.67. The smallest absolute Gasteiger partial charge is 0.155 e. The van der Waals surface area contributed by atoms with Gasteiger partial charge < -0.3 is 4.74 Å². The summed E-state index contributed by atoms with van der Waals surface area (Å²) >= 11 is 0. The normalized spacial score (nSPS) is 49.4. The van der Waals surface area contributed by atoms with E-state index in [-0.39, 0.29) is 5.41 Å². The third-order valence-electron chi connectivity index (χ3n) is 8.42. The molecule has 0 aromatic carbocycles. The van der Waals surface area contributed by atoms with Crippen LogP contribution in [0.4, 0.5) is 0 Å². The van der Waals surface area contributed by atoms with Gasteiger partial charge in [0.25, 0.3) is 0 Å². The highest BCUT2D eigenvalue weighted by Crippen LogP contribution is 2.66. The van der Waals surface area contributed by atoms with Gasteiger partial charge in [0.05, 0.1) is 6.10 Å². The molecule has 0 aromatic heterocycles. The van der Waals surface area contributed by atoms with Gasteiger partial charge in [-0.25, -0.2) is 0 Å². The van der Waals surface area contributed by atoms with Crippen molar-refractivity contribution in [1.29, 1.82) is 0 Å². The molecule has 0 bridgehead atoms. The summed E-state index contributed by atoms with van der Waals surface area (Å²) in [5.41, 5.74) is 3.63. The average molecular weight is 328 g/mol. The van der Waals surface area contributed by atoms with Crippen LogP contribution in [0.5, 0.6) is 0 Å². The zero-order chi connectivity index (χ0) is 17.1. The van der Waals surface area contributed by atoms with Crippen molar-refractivity contribution in [2.45, 2.75) is 71.8 Å². The molecule has 3 fully saturated rings. The van der Waals surface area contributed by atoms with Gasteiger partial charge in [-0.1, -0.05) is 25.5 Å². The molecule has 132 valence electrons. The third-order valence-corrected chi connectivity index (χ3v) is 8.42. The van der Waals surface area contributed by atoms with Crippen LogP contribution in [0, 0.1) is 28.6 Å². The predicted octanol–water partition coefficient (Wildman–Crippen LogP) is 5.09. The third kappa shape index (κ3) is 2.08. The van der Waals surface area contributed by atoms with Crippen LogP contribution < -0.4 is 0 Å². The van der Waals surface area contributed by atoms with Gasteiger partial charge in [-0.3, -0.25) is 4.79 Å². The van der Waals surface area contributed by atoms with E-state index in [1.807, 2.05) is 13.2 Å². The predicted molar refractivity (Wildman–Crippen MR) is 96.6 cm³/mol. The fourth-order valence-corrected chi connectivity index (χ4v) is 7.14. The molecule has 0 heterocycles. The first-order valence-corrected chi connectivity index (χ1v) is 9.87. The van der Waals surface area contributed by atoms with Crippen LogP contribution in [0.15, 0.2) is 23.3 Å². The second kappa shape index (κ2) is 5.56. The highest BCUT2D eigenvalue weighted by atomic mass is 16.5. The maximum Gasteiger partial charge on any atom is 0.155 e. The highest BCUT2D eigenvalue weighted by Gasteiger charge is 2.59. The van der Waals surface area contributed by atoms with Crippen LogP contribution in [0.2, 0.25) is 0 Å². The lowest BCUT2D eigenvalue weighted by Gasteiger charge is -2.57. The number of ketones is 1. The summed E-state index contributed by atoms with van der Waals surface area (Å²) in [7, 11) is 1.88. The van der Waals surface area contributed by atoms with Gasteiger partial charge in [0.1, 0.15) is 0 Å². The molecule has 0 saturated heterocycles. The Labute approximate surface area is 146 Å². The Morgan fingerprint density at radius 1 is 1.12 bits per heavy atom. The minimum absolute atomic E-state index is 0.277. The molecular formula is C22H32O2. The van der Waals surface area contributed by atoms with E-state index in [1.54, 1.807) is 5.57 Å². The molecule has 4 aliphatic rings. The van der Waals surface area contributed by atoms with Crippen LogP contribution in [-0.2, 0) is 9.53 Å². The minimum atomic E-state index is 0.277. The van der Waals surface area contributed by atoms with E-state index >= 15 is 0 Å². The summed E-state index contributed by atoms with van der Waals surface area (Å²) in [6, 6.07) is 0. The Hall–Kier alpha value is -0.890. The van der Waals surface area contributed by atoms with E-state index in [4.69, 9.17) is 4.74 Å². The zero-order valence-electron chi connectivity index (χ0n) is 15.7. The number of hydrogen-bond donors (Lipinski definition) is 0. The fourth-order valence-electron chi connectivity index (χ4n) is 7.14. The molecule has 3 saturated carbocycles. The number of ether oxygens (including phenoxy) is 1. The van der Waals surface area contributed by atoms with Gasteiger partial charge in [-0.05, 0) is 85.7 Å². The van der Waals surface area contributed by atoms with Crippen molar-refractivity contribution in [3.8, 4) is 0 Å². The summed E-state index contributed by atoms with van der Waals surface area (Å²) in [4.78, 5) is 11.9. The molecule has 0 radical (unpaired) electrons. The summed E-state index contributed by atoms with van der Waals surface area (Å²) in [5, 5.41) is 0. The first-order valence-electron chi connectivity index (χ1n) is 9.87. The number of methoxy groups -OCH3 is 1. The van der Waals surface area contributed by atoms with E-state index in [0.717, 1.165) is 37.0 Å². The van der Waals surface area contributed by atoms with E-state index in [2.05, 4.69) is 26.8 Å².